The monoisotopic (exact) mass is 858 g/mol. The number of hydrogen-bond acceptors (Lipinski definition) is 1. The fourth-order valence-electron chi connectivity index (χ4n) is 10.8. The molecular weight excluding hydrogens is 809 g/mol. The number of anilines is 3. The van der Waals surface area contributed by atoms with Crippen LogP contribution in [0, 0.1) is 0 Å². The summed E-state index contributed by atoms with van der Waals surface area (Å²) in [5.41, 5.74) is 22.2. The molecular formula is C65H50N2. The molecule has 320 valence electrons. The third-order valence-electron chi connectivity index (χ3n) is 14.1. The standard InChI is InChI=1S/C65H50N2/c1-65(2)61-43-53(36-38-56(61)57-39-37-54(44-62(57)65)67-63-28-16-14-26-58(63)59-27-15-17-29-64(59)67)66(51-33-30-48(31-34-51)47-22-10-5-11-23-47)52-35-32-50(41-46-20-8-4-9-21-46)60(42-52)55-25-13-12-24-49(55)40-45-18-6-3-7-19-45/h3-39,42-44H,40-41H2,1-2H3. The van der Waals surface area contributed by atoms with Crippen molar-refractivity contribution in [2.45, 2.75) is 32.1 Å². The molecule has 0 bridgehead atoms. The first-order chi connectivity index (χ1) is 33.0. The minimum absolute atomic E-state index is 0.251. The van der Waals surface area contributed by atoms with Crippen molar-refractivity contribution in [1.82, 2.24) is 4.57 Å². The minimum atomic E-state index is -0.251. The molecule has 0 aliphatic heterocycles. The molecule has 1 aliphatic rings. The molecule has 2 heteroatoms. The molecule has 0 atom stereocenters. The number of hydrogen-bond donors (Lipinski definition) is 0. The summed E-state index contributed by atoms with van der Waals surface area (Å²) in [5, 5.41) is 2.55. The van der Waals surface area contributed by atoms with Crippen LogP contribution in [0.1, 0.15) is 47.2 Å². The van der Waals surface area contributed by atoms with Crippen molar-refractivity contribution < 1.29 is 0 Å². The molecule has 10 aromatic carbocycles. The number of fused-ring (bicyclic) bond motifs is 6. The highest BCUT2D eigenvalue weighted by Crippen LogP contribution is 2.52. The Bertz CT molecular complexity index is 3530. The molecule has 67 heavy (non-hydrogen) atoms. The molecule has 0 amide bonds. The van der Waals surface area contributed by atoms with Crippen molar-refractivity contribution in [3.63, 3.8) is 0 Å². The van der Waals surface area contributed by atoms with E-state index in [0.29, 0.717) is 0 Å². The molecule has 1 aromatic heterocycles. The highest BCUT2D eigenvalue weighted by Gasteiger charge is 2.37. The van der Waals surface area contributed by atoms with Gasteiger partial charge in [-0.15, -0.1) is 0 Å². The van der Waals surface area contributed by atoms with Crippen LogP contribution >= 0.6 is 0 Å². The van der Waals surface area contributed by atoms with Gasteiger partial charge in [-0.25, -0.2) is 0 Å². The van der Waals surface area contributed by atoms with Gasteiger partial charge in [-0.2, -0.15) is 0 Å². The Morgan fingerprint density at radius 1 is 0.358 bits per heavy atom. The maximum atomic E-state index is 2.47. The fourth-order valence-corrected chi connectivity index (χ4v) is 10.8. The number of benzene rings is 10. The normalized spacial score (nSPS) is 12.6. The smallest absolute Gasteiger partial charge is 0.0541 e. The lowest BCUT2D eigenvalue weighted by Crippen LogP contribution is -2.17. The third-order valence-corrected chi connectivity index (χ3v) is 14.1. The van der Waals surface area contributed by atoms with Gasteiger partial charge in [0.2, 0.25) is 0 Å². The van der Waals surface area contributed by atoms with Crippen LogP contribution in [0.25, 0.3) is 60.9 Å². The van der Waals surface area contributed by atoms with Crippen LogP contribution in [0.15, 0.2) is 243 Å². The summed E-state index contributed by atoms with van der Waals surface area (Å²) < 4.78 is 2.44. The average Bonchev–Trinajstić information content (AvgIpc) is 3.83. The van der Waals surface area contributed by atoms with E-state index in [0.717, 1.165) is 29.9 Å². The quantitative estimate of drug-likeness (QED) is 0.133. The Morgan fingerprint density at radius 2 is 0.836 bits per heavy atom. The summed E-state index contributed by atoms with van der Waals surface area (Å²) in [6.45, 7) is 4.80. The van der Waals surface area contributed by atoms with Crippen molar-refractivity contribution in [2.75, 3.05) is 4.90 Å². The Morgan fingerprint density at radius 3 is 1.49 bits per heavy atom. The zero-order valence-electron chi connectivity index (χ0n) is 37.9. The molecule has 0 spiro atoms. The summed E-state index contributed by atoms with van der Waals surface area (Å²) in [6.07, 6.45) is 1.69. The predicted octanol–water partition coefficient (Wildman–Crippen LogP) is 17.1. The maximum absolute atomic E-state index is 2.47. The number of para-hydroxylation sites is 2. The van der Waals surface area contributed by atoms with Crippen LogP contribution in [0.4, 0.5) is 17.1 Å². The van der Waals surface area contributed by atoms with Crippen molar-refractivity contribution in [3.05, 3.63) is 276 Å². The van der Waals surface area contributed by atoms with Gasteiger partial charge in [0, 0.05) is 38.9 Å². The summed E-state index contributed by atoms with van der Waals surface area (Å²) in [7, 11) is 0. The molecule has 12 rings (SSSR count). The van der Waals surface area contributed by atoms with Crippen molar-refractivity contribution in [2.24, 2.45) is 0 Å². The first kappa shape index (κ1) is 40.3. The van der Waals surface area contributed by atoms with Gasteiger partial charge >= 0.3 is 0 Å². The highest BCUT2D eigenvalue weighted by atomic mass is 15.1. The molecule has 0 radical (unpaired) electrons. The first-order valence-corrected chi connectivity index (χ1v) is 23.5. The van der Waals surface area contributed by atoms with E-state index in [-0.39, 0.29) is 5.41 Å². The SMILES string of the molecule is CC1(C)c2cc(N(c3ccc(-c4ccccc4)cc3)c3ccc(Cc4ccccc4)c(-c4ccccc4Cc4ccccc4)c3)ccc2-c2ccc(-n3c4ccccc4c4ccccc43)cc21. The maximum Gasteiger partial charge on any atom is 0.0541 e. The van der Waals surface area contributed by atoms with Gasteiger partial charge in [-0.1, -0.05) is 196 Å². The summed E-state index contributed by atoms with van der Waals surface area (Å²) >= 11 is 0. The lowest BCUT2D eigenvalue weighted by atomic mass is 9.82. The second kappa shape index (κ2) is 16.7. The molecule has 0 unspecified atom stereocenters. The third kappa shape index (κ3) is 7.23. The number of nitrogens with zero attached hydrogens (tertiary/aromatic N) is 2. The Balaban J connectivity index is 1.00. The van der Waals surface area contributed by atoms with Gasteiger partial charge in [0.15, 0.2) is 0 Å². The zero-order valence-corrected chi connectivity index (χ0v) is 37.9. The average molecular weight is 859 g/mol. The number of aromatic nitrogens is 1. The molecule has 11 aromatic rings. The van der Waals surface area contributed by atoms with Crippen LogP contribution in [0.3, 0.4) is 0 Å². The van der Waals surface area contributed by atoms with E-state index in [9.17, 15) is 0 Å². The predicted molar refractivity (Wildman–Crippen MR) is 282 cm³/mol. The van der Waals surface area contributed by atoms with Crippen molar-refractivity contribution in [1.29, 1.82) is 0 Å². The molecule has 0 saturated heterocycles. The Kier molecular flexibility index (Phi) is 10.0. The molecule has 0 N–H and O–H groups in total. The molecule has 0 fully saturated rings. The van der Waals surface area contributed by atoms with E-state index in [1.54, 1.807) is 0 Å². The van der Waals surface area contributed by atoms with Gasteiger partial charge < -0.3 is 9.47 Å². The van der Waals surface area contributed by atoms with Gasteiger partial charge in [0.25, 0.3) is 0 Å². The van der Waals surface area contributed by atoms with Crippen LogP contribution in [-0.2, 0) is 18.3 Å². The largest absolute Gasteiger partial charge is 0.310 e. The lowest BCUT2D eigenvalue weighted by Gasteiger charge is -2.29. The van der Waals surface area contributed by atoms with Crippen molar-refractivity contribution >= 4 is 38.9 Å². The first-order valence-electron chi connectivity index (χ1n) is 23.5. The van der Waals surface area contributed by atoms with E-state index < -0.39 is 0 Å². The van der Waals surface area contributed by atoms with Crippen molar-refractivity contribution in [3.8, 4) is 39.1 Å². The molecule has 0 saturated carbocycles. The van der Waals surface area contributed by atoms with Crippen LogP contribution in [0.5, 0.6) is 0 Å². The second-order valence-corrected chi connectivity index (χ2v) is 18.5. The van der Waals surface area contributed by atoms with Gasteiger partial charge in [0.05, 0.1) is 11.0 Å². The van der Waals surface area contributed by atoms with Crippen LogP contribution < -0.4 is 4.90 Å². The Hall–Kier alpha value is -8.20. The molecule has 1 heterocycles. The van der Waals surface area contributed by atoms with E-state index in [2.05, 4.69) is 266 Å². The summed E-state index contributed by atoms with van der Waals surface area (Å²) in [6, 6.07) is 89.4. The van der Waals surface area contributed by atoms with E-state index in [1.165, 1.54) is 94.3 Å². The number of rotatable bonds is 10. The lowest BCUT2D eigenvalue weighted by molar-refractivity contribution is 0.660. The van der Waals surface area contributed by atoms with Crippen LogP contribution in [0.2, 0.25) is 0 Å². The molecule has 2 nitrogen and oxygen atoms in total. The topological polar surface area (TPSA) is 8.17 Å². The van der Waals surface area contributed by atoms with Gasteiger partial charge in [0.1, 0.15) is 0 Å². The Labute approximate surface area is 393 Å². The van der Waals surface area contributed by atoms with E-state index in [4.69, 9.17) is 0 Å². The minimum Gasteiger partial charge on any atom is -0.310 e. The van der Waals surface area contributed by atoms with E-state index >= 15 is 0 Å². The summed E-state index contributed by atoms with van der Waals surface area (Å²) in [4.78, 5) is 2.47. The fraction of sp³-hybridized carbons (Fsp3) is 0.0769. The second-order valence-electron chi connectivity index (χ2n) is 18.5. The summed E-state index contributed by atoms with van der Waals surface area (Å²) in [5.74, 6) is 0. The van der Waals surface area contributed by atoms with Crippen LogP contribution in [-0.4, -0.2) is 4.57 Å². The highest BCUT2D eigenvalue weighted by molar-refractivity contribution is 6.09. The van der Waals surface area contributed by atoms with Gasteiger partial charge in [-0.05, 0) is 140 Å². The van der Waals surface area contributed by atoms with E-state index in [1.807, 2.05) is 0 Å². The zero-order chi connectivity index (χ0) is 44.9. The molecule has 1 aliphatic carbocycles. The van der Waals surface area contributed by atoms with Gasteiger partial charge in [-0.3, -0.25) is 0 Å².